The molecule has 322 valence electrons. The van der Waals surface area contributed by atoms with Crippen molar-refractivity contribution in [1.82, 2.24) is 9.80 Å². The normalized spacial score (nSPS) is 14.3. The van der Waals surface area contributed by atoms with E-state index >= 15 is 0 Å². The van der Waals surface area contributed by atoms with Crippen molar-refractivity contribution < 1.29 is 0 Å². The summed E-state index contributed by atoms with van der Waals surface area (Å²) < 4.78 is 0. The summed E-state index contributed by atoms with van der Waals surface area (Å²) in [5.74, 6) is 0. The van der Waals surface area contributed by atoms with E-state index in [9.17, 15) is 0 Å². The molecule has 1 heterocycles. The molecule has 0 aromatic carbocycles. The van der Waals surface area contributed by atoms with Gasteiger partial charge in [-0.3, -0.25) is 0 Å². The van der Waals surface area contributed by atoms with Crippen molar-refractivity contribution in [2.24, 2.45) is 0 Å². The number of hydrogen-bond donors (Lipinski definition) is 0. The zero-order chi connectivity index (χ0) is 38.7. The van der Waals surface area contributed by atoms with Crippen molar-refractivity contribution in [3.05, 3.63) is 12.4 Å². The first-order chi connectivity index (χ1) is 26.8. The summed E-state index contributed by atoms with van der Waals surface area (Å²) >= 11 is 0. The van der Waals surface area contributed by atoms with Crippen LogP contribution in [0.5, 0.6) is 0 Å². The average molecular weight is 757 g/mol. The molecule has 0 fully saturated rings. The predicted molar refractivity (Wildman–Crippen MR) is 247 cm³/mol. The van der Waals surface area contributed by atoms with Gasteiger partial charge < -0.3 is 9.80 Å². The molecule has 0 N–H and O–H groups in total. The highest BCUT2D eigenvalue weighted by molar-refractivity contribution is 4.97. The van der Waals surface area contributed by atoms with Crippen LogP contribution in [0.4, 0.5) is 0 Å². The molecule has 1 rings (SSSR count). The van der Waals surface area contributed by atoms with Gasteiger partial charge in [-0.05, 0) is 25.7 Å². The van der Waals surface area contributed by atoms with Crippen molar-refractivity contribution in [1.29, 1.82) is 0 Å². The van der Waals surface area contributed by atoms with Crippen LogP contribution in [0.25, 0.3) is 0 Å². The lowest BCUT2D eigenvalue weighted by molar-refractivity contribution is 0.135. The molecule has 0 amide bonds. The van der Waals surface area contributed by atoms with Crippen LogP contribution in [-0.4, -0.2) is 29.1 Å². The van der Waals surface area contributed by atoms with Crippen molar-refractivity contribution in [3.63, 3.8) is 0 Å². The SMILES string of the molecule is CCCCCCCCCCCCCCCCCCCN1C=CN(CCCCCCCCCCCCCCCCCC)C1CCCCCCCCCCCC. The maximum atomic E-state index is 2.74. The van der Waals surface area contributed by atoms with Gasteiger partial charge in [0.15, 0.2) is 0 Å². The van der Waals surface area contributed by atoms with E-state index in [1.807, 2.05) is 0 Å². The van der Waals surface area contributed by atoms with E-state index in [0.29, 0.717) is 6.17 Å². The number of rotatable bonds is 46. The Morgan fingerprint density at radius 1 is 0.241 bits per heavy atom. The lowest BCUT2D eigenvalue weighted by atomic mass is 10.0. The Kier molecular flexibility index (Phi) is 41.3. The van der Waals surface area contributed by atoms with Crippen molar-refractivity contribution >= 4 is 0 Å². The summed E-state index contributed by atoms with van der Waals surface area (Å²) in [5, 5.41) is 0. The van der Waals surface area contributed by atoms with E-state index in [1.165, 1.54) is 296 Å². The Bertz CT molecular complexity index is 717. The molecule has 2 heteroatoms. The molecular weight excluding hydrogens is 653 g/mol. The monoisotopic (exact) mass is 757 g/mol. The molecule has 0 saturated carbocycles. The van der Waals surface area contributed by atoms with Crippen LogP contribution in [0.15, 0.2) is 12.4 Å². The lowest BCUT2D eigenvalue weighted by Crippen LogP contribution is -2.39. The molecule has 0 aromatic rings. The van der Waals surface area contributed by atoms with E-state index in [2.05, 4.69) is 43.0 Å². The van der Waals surface area contributed by atoms with Crippen LogP contribution in [0.2, 0.25) is 0 Å². The maximum absolute atomic E-state index is 2.74. The van der Waals surface area contributed by atoms with Gasteiger partial charge in [0.1, 0.15) is 6.17 Å². The third-order valence-corrected chi connectivity index (χ3v) is 12.8. The smallest absolute Gasteiger partial charge is 0.101 e. The quantitative estimate of drug-likeness (QED) is 0.0571. The van der Waals surface area contributed by atoms with E-state index < -0.39 is 0 Å². The molecule has 0 saturated heterocycles. The molecule has 0 aromatic heterocycles. The first-order valence-electron chi connectivity index (χ1n) is 26.0. The Labute approximate surface area is 343 Å². The van der Waals surface area contributed by atoms with E-state index in [4.69, 9.17) is 0 Å². The van der Waals surface area contributed by atoms with Crippen LogP contribution in [0.1, 0.15) is 303 Å². The molecule has 54 heavy (non-hydrogen) atoms. The fraction of sp³-hybridized carbons (Fsp3) is 0.962. The number of nitrogens with zero attached hydrogens (tertiary/aromatic N) is 2. The van der Waals surface area contributed by atoms with Crippen molar-refractivity contribution in [3.8, 4) is 0 Å². The van der Waals surface area contributed by atoms with Gasteiger partial charge in [-0.15, -0.1) is 0 Å². The summed E-state index contributed by atoms with van der Waals surface area (Å²) in [6, 6.07) is 0. The van der Waals surface area contributed by atoms with Crippen LogP contribution in [0, 0.1) is 0 Å². The minimum absolute atomic E-state index is 0.636. The summed E-state index contributed by atoms with van der Waals surface area (Å²) in [6.45, 7) is 9.50. The molecule has 1 aliphatic heterocycles. The van der Waals surface area contributed by atoms with Gasteiger partial charge in [-0.1, -0.05) is 278 Å². The fourth-order valence-electron chi connectivity index (χ4n) is 9.02. The summed E-state index contributed by atoms with van der Waals surface area (Å²) in [4.78, 5) is 5.48. The van der Waals surface area contributed by atoms with Gasteiger partial charge in [0.2, 0.25) is 0 Å². The van der Waals surface area contributed by atoms with Crippen molar-refractivity contribution in [2.75, 3.05) is 13.1 Å². The molecule has 0 bridgehead atoms. The summed E-state index contributed by atoms with van der Waals surface area (Å²) in [5.41, 5.74) is 0. The fourth-order valence-corrected chi connectivity index (χ4v) is 9.02. The van der Waals surface area contributed by atoms with Gasteiger partial charge in [0.25, 0.3) is 0 Å². The zero-order valence-electron chi connectivity index (χ0n) is 38.2. The molecule has 1 atom stereocenters. The molecule has 0 radical (unpaired) electrons. The minimum Gasteiger partial charge on any atom is -0.356 e. The third-order valence-electron chi connectivity index (χ3n) is 12.8. The Morgan fingerprint density at radius 2 is 0.426 bits per heavy atom. The number of hydrogen-bond acceptors (Lipinski definition) is 2. The predicted octanol–water partition coefficient (Wildman–Crippen LogP) is 18.6. The Balaban J connectivity index is 2.15. The number of unbranched alkanes of at least 4 members (excludes halogenated alkanes) is 40. The zero-order valence-corrected chi connectivity index (χ0v) is 38.2. The Hall–Kier alpha value is -0.660. The van der Waals surface area contributed by atoms with Gasteiger partial charge in [0, 0.05) is 25.5 Å². The van der Waals surface area contributed by atoms with Crippen molar-refractivity contribution in [2.45, 2.75) is 309 Å². The van der Waals surface area contributed by atoms with Crippen LogP contribution >= 0.6 is 0 Å². The highest BCUT2D eigenvalue weighted by atomic mass is 15.4. The Morgan fingerprint density at radius 3 is 0.648 bits per heavy atom. The lowest BCUT2D eigenvalue weighted by Gasteiger charge is -2.33. The molecule has 1 aliphatic rings. The first kappa shape index (κ1) is 51.4. The van der Waals surface area contributed by atoms with E-state index in [-0.39, 0.29) is 0 Å². The van der Waals surface area contributed by atoms with Gasteiger partial charge in [-0.2, -0.15) is 0 Å². The van der Waals surface area contributed by atoms with Gasteiger partial charge >= 0.3 is 0 Å². The summed E-state index contributed by atoms with van der Waals surface area (Å²) in [7, 11) is 0. The molecule has 2 nitrogen and oxygen atoms in total. The topological polar surface area (TPSA) is 6.48 Å². The van der Waals surface area contributed by atoms with Crippen LogP contribution < -0.4 is 0 Å². The van der Waals surface area contributed by atoms with Gasteiger partial charge in [-0.25, -0.2) is 0 Å². The molecule has 1 unspecified atom stereocenters. The second kappa shape index (κ2) is 43.5. The highest BCUT2D eigenvalue weighted by Gasteiger charge is 2.25. The summed E-state index contributed by atoms with van der Waals surface area (Å²) in [6.07, 6.45) is 69.4. The van der Waals surface area contributed by atoms with E-state index in [0.717, 1.165) is 0 Å². The average Bonchev–Trinajstić information content (AvgIpc) is 3.57. The van der Waals surface area contributed by atoms with E-state index in [1.54, 1.807) is 0 Å². The van der Waals surface area contributed by atoms with Crippen LogP contribution in [-0.2, 0) is 0 Å². The first-order valence-corrected chi connectivity index (χ1v) is 26.0. The molecular formula is C52H104N2. The molecule has 0 spiro atoms. The van der Waals surface area contributed by atoms with Gasteiger partial charge in [0.05, 0.1) is 0 Å². The largest absolute Gasteiger partial charge is 0.356 e. The molecule has 0 aliphatic carbocycles. The third kappa shape index (κ3) is 34.6. The minimum atomic E-state index is 0.636. The second-order valence-corrected chi connectivity index (χ2v) is 18.2. The maximum Gasteiger partial charge on any atom is 0.101 e. The highest BCUT2D eigenvalue weighted by Crippen LogP contribution is 2.24. The van der Waals surface area contributed by atoms with Crippen LogP contribution in [0.3, 0.4) is 0 Å². The second-order valence-electron chi connectivity index (χ2n) is 18.2. The standard InChI is InChI=1S/C52H104N2/c1-4-7-10-13-16-19-22-24-26-28-30-32-34-37-40-43-46-49-54-51-50-53(52(54)47-44-41-38-35-21-18-15-12-9-6-3)48-45-42-39-36-33-31-29-27-25-23-20-17-14-11-8-5-2/h50-52H,4-49H2,1-3H3.